The zero-order chi connectivity index (χ0) is 12.8. The highest BCUT2D eigenvalue weighted by Gasteiger charge is 2.27. The Bertz CT molecular complexity index is 373. The summed E-state index contributed by atoms with van der Waals surface area (Å²) in [5.41, 5.74) is 2.71. The number of rotatable bonds is 2. The van der Waals surface area contributed by atoms with Gasteiger partial charge in [0.15, 0.2) is 0 Å². The lowest BCUT2D eigenvalue weighted by Gasteiger charge is -2.34. The van der Waals surface area contributed by atoms with E-state index in [9.17, 15) is 4.79 Å². The summed E-state index contributed by atoms with van der Waals surface area (Å²) in [6.45, 7) is 9.67. The van der Waals surface area contributed by atoms with Crippen molar-refractivity contribution in [3.05, 3.63) is 35.4 Å². The van der Waals surface area contributed by atoms with Gasteiger partial charge in [0, 0.05) is 6.54 Å². The van der Waals surface area contributed by atoms with E-state index in [0.29, 0.717) is 0 Å². The summed E-state index contributed by atoms with van der Waals surface area (Å²) in [7, 11) is 0. The molecule has 0 saturated carbocycles. The van der Waals surface area contributed by atoms with Crippen LogP contribution in [0.1, 0.15) is 38.8 Å². The third-order valence-electron chi connectivity index (χ3n) is 3.22. The van der Waals surface area contributed by atoms with Crippen molar-refractivity contribution >= 4 is 5.78 Å². The van der Waals surface area contributed by atoms with Gasteiger partial charge in [-0.25, -0.2) is 0 Å². The number of hydrogen-bond donors (Lipinski definition) is 0. The van der Waals surface area contributed by atoms with Gasteiger partial charge < -0.3 is 0 Å². The van der Waals surface area contributed by atoms with Crippen molar-refractivity contribution in [2.24, 2.45) is 0 Å². The van der Waals surface area contributed by atoms with Gasteiger partial charge in [-0.15, -0.1) is 0 Å². The van der Waals surface area contributed by atoms with E-state index in [-0.39, 0.29) is 11.8 Å². The van der Waals surface area contributed by atoms with Crippen molar-refractivity contribution in [1.82, 2.24) is 4.90 Å². The number of benzene rings is 1. The molecule has 0 N–H and O–H groups in total. The minimum atomic E-state index is 0.0879. The minimum Gasteiger partial charge on any atom is -0.298 e. The zero-order valence-electron chi connectivity index (χ0n) is 11.4. The molecule has 2 rings (SSSR count). The largest absolute Gasteiger partial charge is 0.298 e. The molecule has 1 aliphatic heterocycles. The second-order valence-electron chi connectivity index (χ2n) is 4.16. The third-order valence-corrected chi connectivity index (χ3v) is 3.22. The highest BCUT2D eigenvalue weighted by molar-refractivity contribution is 5.82. The Balaban J connectivity index is 0.000000686. The van der Waals surface area contributed by atoms with Crippen molar-refractivity contribution in [2.75, 3.05) is 6.54 Å². The van der Waals surface area contributed by atoms with E-state index in [1.54, 1.807) is 6.92 Å². The smallest absolute Gasteiger partial charge is 0.147 e. The van der Waals surface area contributed by atoms with Gasteiger partial charge in [-0.3, -0.25) is 9.69 Å². The lowest BCUT2D eigenvalue weighted by atomic mass is 9.92. The van der Waals surface area contributed by atoms with E-state index >= 15 is 0 Å². The maximum atomic E-state index is 11.5. The van der Waals surface area contributed by atoms with Crippen LogP contribution in [0.4, 0.5) is 0 Å². The molecule has 0 aliphatic carbocycles. The molecule has 1 heterocycles. The zero-order valence-corrected chi connectivity index (χ0v) is 11.4. The molecule has 0 amide bonds. The van der Waals surface area contributed by atoms with Crippen LogP contribution in [-0.2, 0) is 17.8 Å². The van der Waals surface area contributed by atoms with Crippen LogP contribution in [0.3, 0.4) is 0 Å². The van der Waals surface area contributed by atoms with Gasteiger partial charge in [-0.1, -0.05) is 45.0 Å². The van der Waals surface area contributed by atoms with Crippen molar-refractivity contribution < 1.29 is 4.79 Å². The molecule has 1 atom stereocenters. The molecule has 0 fully saturated rings. The predicted molar refractivity (Wildman–Crippen MR) is 72.0 cm³/mol. The Morgan fingerprint density at radius 1 is 1.29 bits per heavy atom. The average molecular weight is 233 g/mol. The molecule has 1 aromatic rings. The average Bonchev–Trinajstić information content (AvgIpc) is 2.39. The first kappa shape index (κ1) is 13.9. The summed E-state index contributed by atoms with van der Waals surface area (Å²) < 4.78 is 0. The van der Waals surface area contributed by atoms with Gasteiger partial charge >= 0.3 is 0 Å². The van der Waals surface area contributed by atoms with Gasteiger partial charge in [0.1, 0.15) is 5.78 Å². The predicted octanol–water partition coefficient (Wildman–Crippen LogP) is 3.05. The molecule has 0 saturated heterocycles. The van der Waals surface area contributed by atoms with Gasteiger partial charge in [-0.05, 0) is 31.0 Å². The summed E-state index contributed by atoms with van der Waals surface area (Å²) in [5.74, 6) is 0.284. The summed E-state index contributed by atoms with van der Waals surface area (Å²) >= 11 is 0. The molecule has 2 heteroatoms. The highest BCUT2D eigenvalue weighted by atomic mass is 16.1. The van der Waals surface area contributed by atoms with Crippen LogP contribution >= 0.6 is 0 Å². The standard InChI is InChI=1S/C13H17NO.C2H6/c1-3-14-9-12-7-5-4-6-11(12)8-13(14)10(2)15;1-2/h4-7,13H,3,8-9H2,1-2H3;1-2H3/t13-;/m0./s1. The first-order chi connectivity index (χ1) is 8.22. The number of fused-ring (bicyclic) bond motifs is 1. The number of carbonyl (C=O) groups is 1. The van der Waals surface area contributed by atoms with Crippen molar-refractivity contribution in [2.45, 2.75) is 46.7 Å². The van der Waals surface area contributed by atoms with Gasteiger partial charge in [0.2, 0.25) is 0 Å². The van der Waals surface area contributed by atoms with E-state index in [1.807, 2.05) is 13.8 Å². The molecule has 0 unspecified atom stereocenters. The molecule has 1 aliphatic rings. The normalized spacial score (nSPS) is 18.9. The van der Waals surface area contributed by atoms with E-state index in [2.05, 4.69) is 36.1 Å². The molecule has 0 bridgehead atoms. The van der Waals surface area contributed by atoms with Crippen LogP contribution < -0.4 is 0 Å². The quantitative estimate of drug-likeness (QED) is 0.782. The summed E-state index contributed by atoms with van der Waals surface area (Å²) in [5, 5.41) is 0. The Hall–Kier alpha value is -1.15. The minimum absolute atomic E-state index is 0.0879. The van der Waals surface area contributed by atoms with Crippen LogP contribution in [0, 0.1) is 0 Å². The van der Waals surface area contributed by atoms with Crippen LogP contribution in [0.5, 0.6) is 0 Å². The molecule has 0 aromatic heterocycles. The number of likely N-dealkylation sites (N-methyl/N-ethyl adjacent to an activating group) is 1. The van der Waals surface area contributed by atoms with E-state index < -0.39 is 0 Å². The topological polar surface area (TPSA) is 20.3 Å². The summed E-state index contributed by atoms with van der Waals surface area (Å²) in [4.78, 5) is 13.8. The fourth-order valence-electron chi connectivity index (χ4n) is 2.31. The van der Waals surface area contributed by atoms with Crippen molar-refractivity contribution in [1.29, 1.82) is 0 Å². The van der Waals surface area contributed by atoms with Crippen LogP contribution in [-0.4, -0.2) is 23.3 Å². The second kappa shape index (κ2) is 6.55. The first-order valence-electron chi connectivity index (χ1n) is 6.53. The first-order valence-corrected chi connectivity index (χ1v) is 6.53. The number of ketones is 1. The van der Waals surface area contributed by atoms with E-state index in [0.717, 1.165) is 19.5 Å². The van der Waals surface area contributed by atoms with E-state index in [4.69, 9.17) is 0 Å². The van der Waals surface area contributed by atoms with Crippen LogP contribution in [0.25, 0.3) is 0 Å². The highest BCUT2D eigenvalue weighted by Crippen LogP contribution is 2.23. The van der Waals surface area contributed by atoms with E-state index in [1.165, 1.54) is 11.1 Å². The maximum Gasteiger partial charge on any atom is 0.147 e. The number of Topliss-reactive ketones (excluding diaryl/α,β-unsaturated/α-hetero) is 1. The fourth-order valence-corrected chi connectivity index (χ4v) is 2.31. The molecule has 0 radical (unpaired) electrons. The maximum absolute atomic E-state index is 11.5. The Kier molecular flexibility index (Phi) is 5.36. The Morgan fingerprint density at radius 2 is 1.88 bits per heavy atom. The second-order valence-corrected chi connectivity index (χ2v) is 4.16. The molecule has 17 heavy (non-hydrogen) atoms. The SMILES string of the molecule is CC.CCN1Cc2ccccc2C[C@H]1C(C)=O. The lowest BCUT2D eigenvalue weighted by Crippen LogP contribution is -2.44. The lowest BCUT2D eigenvalue weighted by molar-refractivity contribution is -0.122. The Labute approximate surface area is 105 Å². The van der Waals surface area contributed by atoms with Gasteiger partial charge in [0.05, 0.1) is 6.04 Å². The molecule has 2 nitrogen and oxygen atoms in total. The Morgan fingerprint density at radius 3 is 2.41 bits per heavy atom. The van der Waals surface area contributed by atoms with Gasteiger partial charge in [0.25, 0.3) is 0 Å². The molecule has 1 aromatic carbocycles. The number of nitrogens with zero attached hydrogens (tertiary/aromatic N) is 1. The summed E-state index contributed by atoms with van der Waals surface area (Å²) in [6, 6.07) is 8.51. The molecular formula is C15H23NO. The van der Waals surface area contributed by atoms with Crippen LogP contribution in [0.15, 0.2) is 24.3 Å². The molecule has 0 spiro atoms. The monoisotopic (exact) mass is 233 g/mol. The van der Waals surface area contributed by atoms with Crippen molar-refractivity contribution in [3.63, 3.8) is 0 Å². The molecular weight excluding hydrogens is 210 g/mol. The van der Waals surface area contributed by atoms with Gasteiger partial charge in [-0.2, -0.15) is 0 Å². The summed E-state index contributed by atoms with van der Waals surface area (Å²) in [6.07, 6.45) is 0.874. The fraction of sp³-hybridized carbons (Fsp3) is 0.533. The molecule has 94 valence electrons. The van der Waals surface area contributed by atoms with Crippen molar-refractivity contribution in [3.8, 4) is 0 Å². The number of carbonyl (C=O) groups excluding carboxylic acids is 1. The third kappa shape index (κ3) is 3.16. The van der Waals surface area contributed by atoms with Crippen LogP contribution in [0.2, 0.25) is 0 Å². The number of hydrogen-bond acceptors (Lipinski definition) is 2.